The first-order chi connectivity index (χ1) is 11.2. The van der Waals surface area contributed by atoms with Crippen molar-refractivity contribution in [3.63, 3.8) is 0 Å². The Hall–Kier alpha value is -2.11. The van der Waals surface area contributed by atoms with Gasteiger partial charge in [-0.1, -0.05) is 23.8 Å². The van der Waals surface area contributed by atoms with Crippen molar-refractivity contribution in [1.82, 2.24) is 4.90 Å². The van der Waals surface area contributed by atoms with E-state index in [1.807, 2.05) is 48.7 Å². The van der Waals surface area contributed by atoms with Crippen LogP contribution in [0.4, 0.5) is 5.69 Å². The highest BCUT2D eigenvalue weighted by Gasteiger charge is 2.17. The fourth-order valence-corrected chi connectivity index (χ4v) is 3.26. The number of anilines is 1. The lowest BCUT2D eigenvalue weighted by molar-refractivity contribution is -0.111. The van der Waals surface area contributed by atoms with Gasteiger partial charge in [0.2, 0.25) is 5.91 Å². The number of hydrogen-bond acceptors (Lipinski definition) is 4. The van der Waals surface area contributed by atoms with Crippen molar-refractivity contribution >= 4 is 28.6 Å². The van der Waals surface area contributed by atoms with Gasteiger partial charge in [-0.3, -0.25) is 4.79 Å². The molecule has 2 heterocycles. The molecule has 0 saturated carbocycles. The van der Waals surface area contributed by atoms with E-state index in [2.05, 4.69) is 10.2 Å². The van der Waals surface area contributed by atoms with Crippen LogP contribution in [0.25, 0.3) is 5.70 Å². The first-order valence-corrected chi connectivity index (χ1v) is 8.56. The van der Waals surface area contributed by atoms with Crippen LogP contribution < -0.4 is 5.32 Å². The molecule has 0 unspecified atom stereocenters. The van der Waals surface area contributed by atoms with Gasteiger partial charge >= 0.3 is 0 Å². The molecule has 3 rings (SSSR count). The Bertz CT molecular complexity index is 672. The molecule has 0 radical (unpaired) electrons. The van der Waals surface area contributed by atoms with Crippen molar-refractivity contribution in [2.45, 2.75) is 6.92 Å². The van der Waals surface area contributed by atoms with Gasteiger partial charge in [-0.15, -0.1) is 11.3 Å². The zero-order chi connectivity index (χ0) is 16.1. The van der Waals surface area contributed by atoms with Gasteiger partial charge in [0.25, 0.3) is 0 Å². The van der Waals surface area contributed by atoms with Crippen LogP contribution in [-0.4, -0.2) is 37.1 Å². The van der Waals surface area contributed by atoms with Crippen LogP contribution in [0.1, 0.15) is 10.4 Å². The number of aryl methyl sites for hydroxylation is 1. The van der Waals surface area contributed by atoms with Gasteiger partial charge in [0.05, 0.1) is 23.8 Å². The van der Waals surface area contributed by atoms with Crippen LogP contribution in [0.5, 0.6) is 0 Å². The first-order valence-electron chi connectivity index (χ1n) is 7.68. The highest BCUT2D eigenvalue weighted by atomic mass is 32.1. The third kappa shape index (κ3) is 4.21. The molecular formula is C18H20N2O2S. The minimum absolute atomic E-state index is 0.108. The fraction of sp³-hybridized carbons (Fsp3) is 0.278. The van der Waals surface area contributed by atoms with Crippen LogP contribution in [0.3, 0.4) is 0 Å². The van der Waals surface area contributed by atoms with Crippen LogP contribution in [-0.2, 0) is 9.53 Å². The monoisotopic (exact) mass is 328 g/mol. The number of rotatable bonds is 4. The molecule has 1 fully saturated rings. The Morgan fingerprint density at radius 1 is 1.22 bits per heavy atom. The molecular weight excluding hydrogens is 308 g/mol. The molecule has 1 amide bonds. The highest BCUT2D eigenvalue weighted by molar-refractivity contribution is 7.11. The molecule has 0 aliphatic carbocycles. The molecule has 5 heteroatoms. The average molecular weight is 328 g/mol. The lowest BCUT2D eigenvalue weighted by atomic mass is 10.2. The van der Waals surface area contributed by atoms with Gasteiger partial charge in [-0.25, -0.2) is 0 Å². The number of carbonyl (C=O) groups is 1. The molecule has 1 aromatic heterocycles. The Balaban J connectivity index is 1.79. The minimum atomic E-state index is -0.108. The molecule has 1 aliphatic heterocycles. The minimum Gasteiger partial charge on any atom is -0.378 e. The summed E-state index contributed by atoms with van der Waals surface area (Å²) in [7, 11) is 0. The molecule has 1 aliphatic rings. The Kier molecular flexibility index (Phi) is 5.10. The third-order valence-corrected chi connectivity index (χ3v) is 4.60. The number of nitrogens with one attached hydrogen (secondary N) is 1. The van der Waals surface area contributed by atoms with Gasteiger partial charge in [-0.05, 0) is 30.5 Å². The summed E-state index contributed by atoms with van der Waals surface area (Å²) in [5, 5.41) is 4.96. The second kappa shape index (κ2) is 7.44. The average Bonchev–Trinajstić information content (AvgIpc) is 3.10. The fourth-order valence-electron chi connectivity index (χ4n) is 2.49. The maximum atomic E-state index is 12.4. The smallest absolute Gasteiger partial charge is 0.250 e. The summed E-state index contributed by atoms with van der Waals surface area (Å²) in [6, 6.07) is 11.9. The molecule has 23 heavy (non-hydrogen) atoms. The van der Waals surface area contributed by atoms with Crippen LogP contribution >= 0.6 is 11.3 Å². The number of hydrogen-bond donors (Lipinski definition) is 1. The van der Waals surface area contributed by atoms with Gasteiger partial charge in [0.1, 0.15) is 0 Å². The normalized spacial score (nSPS) is 15.5. The Morgan fingerprint density at radius 3 is 2.61 bits per heavy atom. The molecule has 1 N–H and O–H groups in total. The number of nitrogens with zero attached hydrogens (tertiary/aromatic N) is 1. The van der Waals surface area contributed by atoms with E-state index in [1.165, 1.54) is 5.56 Å². The van der Waals surface area contributed by atoms with Crippen LogP contribution in [0.15, 0.2) is 47.9 Å². The highest BCUT2D eigenvalue weighted by Crippen LogP contribution is 2.25. The standard InChI is InChI=1S/C18H20N2O2S/c1-14-4-6-15(7-5-14)19-18(21)13-16(17-3-2-12-23-17)20-8-10-22-11-9-20/h2-7,12-13H,8-11H2,1H3,(H,19,21). The summed E-state index contributed by atoms with van der Waals surface area (Å²) >= 11 is 1.64. The number of amides is 1. The lowest BCUT2D eigenvalue weighted by Gasteiger charge is -2.30. The second-order valence-corrected chi connectivity index (χ2v) is 6.41. The molecule has 4 nitrogen and oxygen atoms in total. The maximum absolute atomic E-state index is 12.4. The quantitative estimate of drug-likeness (QED) is 0.875. The Labute approximate surface area is 140 Å². The first kappa shape index (κ1) is 15.8. The van der Waals surface area contributed by atoms with Crippen molar-refractivity contribution in [2.24, 2.45) is 0 Å². The van der Waals surface area contributed by atoms with Crippen molar-refractivity contribution in [1.29, 1.82) is 0 Å². The summed E-state index contributed by atoms with van der Waals surface area (Å²) in [6.07, 6.45) is 1.69. The number of benzene rings is 1. The molecule has 2 aromatic rings. The van der Waals surface area contributed by atoms with E-state index < -0.39 is 0 Å². The predicted molar refractivity (Wildman–Crippen MR) is 94.5 cm³/mol. The van der Waals surface area contributed by atoms with Gasteiger partial charge in [0.15, 0.2) is 0 Å². The summed E-state index contributed by atoms with van der Waals surface area (Å²) in [5.41, 5.74) is 2.95. The van der Waals surface area contributed by atoms with Crippen molar-refractivity contribution in [3.8, 4) is 0 Å². The lowest BCUT2D eigenvalue weighted by Crippen LogP contribution is -2.35. The zero-order valence-corrected chi connectivity index (χ0v) is 13.9. The predicted octanol–water partition coefficient (Wildman–Crippen LogP) is 3.37. The van der Waals surface area contributed by atoms with E-state index in [1.54, 1.807) is 17.4 Å². The van der Waals surface area contributed by atoms with E-state index in [0.29, 0.717) is 13.2 Å². The van der Waals surface area contributed by atoms with Crippen molar-refractivity contribution in [3.05, 3.63) is 58.3 Å². The molecule has 0 spiro atoms. The number of ether oxygens (including phenoxy) is 1. The van der Waals surface area contributed by atoms with E-state index >= 15 is 0 Å². The zero-order valence-electron chi connectivity index (χ0n) is 13.1. The largest absolute Gasteiger partial charge is 0.378 e. The summed E-state index contributed by atoms with van der Waals surface area (Å²) < 4.78 is 5.41. The van der Waals surface area contributed by atoms with E-state index in [4.69, 9.17) is 4.74 Å². The molecule has 120 valence electrons. The summed E-state index contributed by atoms with van der Waals surface area (Å²) in [5.74, 6) is -0.108. The van der Waals surface area contributed by atoms with E-state index in [0.717, 1.165) is 29.4 Å². The molecule has 0 atom stereocenters. The van der Waals surface area contributed by atoms with Crippen LogP contribution in [0.2, 0.25) is 0 Å². The van der Waals surface area contributed by atoms with Gasteiger partial charge in [-0.2, -0.15) is 0 Å². The van der Waals surface area contributed by atoms with Gasteiger partial charge < -0.3 is 15.0 Å². The molecule has 1 aromatic carbocycles. The SMILES string of the molecule is Cc1ccc(NC(=O)C=C(c2cccs2)N2CCOCC2)cc1. The number of carbonyl (C=O) groups excluding carboxylic acids is 1. The second-order valence-electron chi connectivity index (χ2n) is 5.46. The summed E-state index contributed by atoms with van der Waals surface area (Å²) in [6.45, 7) is 5.03. The number of thiophene rings is 1. The van der Waals surface area contributed by atoms with Crippen molar-refractivity contribution < 1.29 is 9.53 Å². The van der Waals surface area contributed by atoms with E-state index in [9.17, 15) is 4.79 Å². The molecule has 0 bridgehead atoms. The molecule has 1 saturated heterocycles. The Morgan fingerprint density at radius 2 is 1.96 bits per heavy atom. The van der Waals surface area contributed by atoms with Crippen molar-refractivity contribution in [2.75, 3.05) is 31.6 Å². The van der Waals surface area contributed by atoms with Crippen LogP contribution in [0, 0.1) is 6.92 Å². The topological polar surface area (TPSA) is 41.6 Å². The maximum Gasteiger partial charge on any atom is 0.250 e. The third-order valence-electron chi connectivity index (χ3n) is 3.71. The van der Waals surface area contributed by atoms with Gasteiger partial charge in [0, 0.05) is 24.9 Å². The summed E-state index contributed by atoms with van der Waals surface area (Å²) in [4.78, 5) is 15.7. The van der Waals surface area contributed by atoms with E-state index in [-0.39, 0.29) is 5.91 Å². The number of morpholine rings is 1.